The first-order valence-corrected chi connectivity index (χ1v) is 5.87. The number of benzene rings is 1. The van der Waals surface area contributed by atoms with Crippen molar-refractivity contribution in [1.82, 2.24) is 9.80 Å². The fourth-order valence-corrected chi connectivity index (χ4v) is 1.89. The molecule has 0 aliphatic carbocycles. The molecular formula is C12H12FN3O4. The maximum atomic E-state index is 13.6. The largest absolute Gasteiger partial charge is 0.342 e. The Kier molecular flexibility index (Phi) is 3.64. The van der Waals surface area contributed by atoms with E-state index in [4.69, 9.17) is 0 Å². The van der Waals surface area contributed by atoms with E-state index in [2.05, 4.69) is 0 Å². The predicted molar refractivity (Wildman–Crippen MR) is 66.6 cm³/mol. The molecule has 1 heterocycles. The molecule has 20 heavy (non-hydrogen) atoms. The third-order valence-corrected chi connectivity index (χ3v) is 3.14. The minimum absolute atomic E-state index is 0.155. The van der Waals surface area contributed by atoms with Gasteiger partial charge in [0, 0.05) is 32.3 Å². The molecule has 8 heteroatoms. The van der Waals surface area contributed by atoms with Crippen molar-refractivity contribution in [1.29, 1.82) is 0 Å². The molecule has 106 valence electrons. The number of nitro benzene ring substituents is 1. The second-order valence-corrected chi connectivity index (χ2v) is 4.46. The van der Waals surface area contributed by atoms with Gasteiger partial charge in [-0.2, -0.15) is 0 Å². The zero-order chi connectivity index (χ0) is 14.9. The number of carbonyl (C=O) groups is 2. The molecule has 0 saturated carbocycles. The number of non-ortho nitro benzene ring substituents is 1. The first kappa shape index (κ1) is 13.9. The topological polar surface area (TPSA) is 83.8 Å². The van der Waals surface area contributed by atoms with Crippen LogP contribution in [0, 0.1) is 15.9 Å². The molecule has 0 atom stereocenters. The van der Waals surface area contributed by atoms with Crippen LogP contribution in [0.2, 0.25) is 0 Å². The molecule has 0 bridgehead atoms. The second-order valence-electron chi connectivity index (χ2n) is 4.46. The average Bonchev–Trinajstić information content (AvgIpc) is 2.41. The van der Waals surface area contributed by atoms with Gasteiger partial charge in [0.1, 0.15) is 12.4 Å². The summed E-state index contributed by atoms with van der Waals surface area (Å²) < 4.78 is 13.6. The number of piperazine rings is 1. The minimum atomic E-state index is -0.841. The zero-order valence-electron chi connectivity index (χ0n) is 10.7. The minimum Gasteiger partial charge on any atom is -0.342 e. The van der Waals surface area contributed by atoms with Crippen LogP contribution >= 0.6 is 0 Å². The highest BCUT2D eigenvalue weighted by atomic mass is 19.1. The average molecular weight is 281 g/mol. The van der Waals surface area contributed by atoms with Crippen molar-refractivity contribution in [3.8, 4) is 0 Å². The first-order valence-electron chi connectivity index (χ1n) is 5.87. The van der Waals surface area contributed by atoms with Gasteiger partial charge in [-0.15, -0.1) is 0 Å². The van der Waals surface area contributed by atoms with Gasteiger partial charge in [0.15, 0.2) is 0 Å². The van der Waals surface area contributed by atoms with Gasteiger partial charge in [0.05, 0.1) is 10.5 Å². The van der Waals surface area contributed by atoms with Crippen LogP contribution in [0.5, 0.6) is 0 Å². The van der Waals surface area contributed by atoms with E-state index in [1.807, 2.05) is 0 Å². The standard InChI is InChI=1S/C12H12FN3O4/c1-14-4-5-15(7-11(14)17)12(18)9-6-8(16(19)20)2-3-10(9)13/h2-3,6H,4-5,7H2,1H3. The summed E-state index contributed by atoms with van der Waals surface area (Å²) in [6, 6.07) is 2.75. The van der Waals surface area contributed by atoms with Crippen molar-refractivity contribution in [2.24, 2.45) is 0 Å². The SMILES string of the molecule is CN1CCN(C(=O)c2cc([N+](=O)[O-])ccc2F)CC1=O. The zero-order valence-corrected chi connectivity index (χ0v) is 10.7. The number of nitrogens with zero attached hydrogens (tertiary/aromatic N) is 3. The molecule has 2 amide bonds. The monoisotopic (exact) mass is 281 g/mol. The van der Waals surface area contributed by atoms with Crippen molar-refractivity contribution in [2.45, 2.75) is 0 Å². The molecule has 1 aliphatic heterocycles. The number of likely N-dealkylation sites (N-methyl/N-ethyl adjacent to an activating group) is 1. The maximum Gasteiger partial charge on any atom is 0.270 e. The fraction of sp³-hybridized carbons (Fsp3) is 0.333. The van der Waals surface area contributed by atoms with Gasteiger partial charge >= 0.3 is 0 Å². The van der Waals surface area contributed by atoms with Gasteiger partial charge in [-0.05, 0) is 6.07 Å². The Bertz CT molecular complexity index is 590. The summed E-state index contributed by atoms with van der Waals surface area (Å²) in [7, 11) is 1.61. The lowest BCUT2D eigenvalue weighted by atomic mass is 10.1. The number of carbonyl (C=O) groups excluding carboxylic acids is 2. The number of amides is 2. The van der Waals surface area contributed by atoms with Crippen LogP contribution in [0.3, 0.4) is 0 Å². The third-order valence-electron chi connectivity index (χ3n) is 3.14. The molecule has 1 aliphatic rings. The molecule has 0 N–H and O–H groups in total. The molecule has 7 nitrogen and oxygen atoms in total. The van der Waals surface area contributed by atoms with E-state index in [1.54, 1.807) is 7.05 Å². The van der Waals surface area contributed by atoms with Crippen LogP contribution in [0.25, 0.3) is 0 Å². The van der Waals surface area contributed by atoms with E-state index < -0.39 is 22.2 Å². The number of halogens is 1. The van der Waals surface area contributed by atoms with E-state index in [1.165, 1.54) is 9.80 Å². The first-order chi connectivity index (χ1) is 9.40. The van der Waals surface area contributed by atoms with Gasteiger partial charge in [-0.3, -0.25) is 19.7 Å². The van der Waals surface area contributed by atoms with Crippen LogP contribution < -0.4 is 0 Å². The molecule has 0 aromatic heterocycles. The molecule has 2 rings (SSSR count). The Morgan fingerprint density at radius 3 is 2.70 bits per heavy atom. The highest BCUT2D eigenvalue weighted by Crippen LogP contribution is 2.19. The van der Waals surface area contributed by atoms with E-state index in [-0.39, 0.29) is 24.7 Å². The summed E-state index contributed by atoms with van der Waals surface area (Å²) in [4.78, 5) is 36.3. The van der Waals surface area contributed by atoms with Crippen molar-refractivity contribution in [3.63, 3.8) is 0 Å². The number of rotatable bonds is 2. The quantitative estimate of drug-likeness (QED) is 0.588. The lowest BCUT2D eigenvalue weighted by Gasteiger charge is -2.32. The van der Waals surface area contributed by atoms with E-state index in [0.29, 0.717) is 6.54 Å². The van der Waals surface area contributed by atoms with Crippen LogP contribution in [0.1, 0.15) is 10.4 Å². The van der Waals surface area contributed by atoms with E-state index in [9.17, 15) is 24.1 Å². The van der Waals surface area contributed by atoms with Crippen molar-refractivity contribution < 1.29 is 18.9 Å². The van der Waals surface area contributed by atoms with E-state index >= 15 is 0 Å². The summed E-state index contributed by atoms with van der Waals surface area (Å²) in [5.41, 5.74) is -0.758. The molecular weight excluding hydrogens is 269 g/mol. The molecule has 1 aromatic carbocycles. The normalized spacial score (nSPS) is 15.4. The Labute approximate surface area is 113 Å². The lowest BCUT2D eigenvalue weighted by Crippen LogP contribution is -2.50. The van der Waals surface area contributed by atoms with Gasteiger partial charge in [-0.1, -0.05) is 0 Å². The van der Waals surface area contributed by atoms with Crippen molar-refractivity contribution in [3.05, 3.63) is 39.7 Å². The molecule has 1 saturated heterocycles. The number of hydrogen-bond acceptors (Lipinski definition) is 4. The Morgan fingerprint density at radius 2 is 2.10 bits per heavy atom. The molecule has 1 fully saturated rings. The van der Waals surface area contributed by atoms with Crippen LogP contribution in [0.4, 0.5) is 10.1 Å². The van der Waals surface area contributed by atoms with Crippen LogP contribution in [0.15, 0.2) is 18.2 Å². The summed E-state index contributed by atoms with van der Waals surface area (Å²) in [5.74, 6) is -1.81. The van der Waals surface area contributed by atoms with E-state index in [0.717, 1.165) is 18.2 Å². The number of nitro groups is 1. The van der Waals surface area contributed by atoms with Crippen molar-refractivity contribution in [2.75, 3.05) is 26.7 Å². The summed E-state index contributed by atoms with van der Waals surface area (Å²) in [6.45, 7) is 0.460. The Balaban J connectivity index is 2.27. The predicted octanol–water partition coefficient (Wildman–Crippen LogP) is 0.648. The highest BCUT2D eigenvalue weighted by molar-refractivity contribution is 5.97. The molecule has 1 aromatic rings. The molecule has 0 unspecified atom stereocenters. The summed E-state index contributed by atoms with van der Waals surface area (Å²) in [6.07, 6.45) is 0. The van der Waals surface area contributed by atoms with Crippen LogP contribution in [-0.2, 0) is 4.79 Å². The molecule has 0 radical (unpaired) electrons. The Morgan fingerprint density at radius 1 is 1.40 bits per heavy atom. The van der Waals surface area contributed by atoms with Crippen molar-refractivity contribution >= 4 is 17.5 Å². The summed E-state index contributed by atoms with van der Waals surface area (Å²) in [5, 5.41) is 10.7. The van der Waals surface area contributed by atoms with Crippen LogP contribution in [-0.4, -0.2) is 53.2 Å². The smallest absolute Gasteiger partial charge is 0.270 e. The fourth-order valence-electron chi connectivity index (χ4n) is 1.89. The van der Waals surface area contributed by atoms with Gasteiger partial charge in [-0.25, -0.2) is 4.39 Å². The third kappa shape index (κ3) is 2.58. The maximum absolute atomic E-state index is 13.6. The highest BCUT2D eigenvalue weighted by Gasteiger charge is 2.28. The lowest BCUT2D eigenvalue weighted by molar-refractivity contribution is -0.384. The molecule has 0 spiro atoms. The van der Waals surface area contributed by atoms with Gasteiger partial charge < -0.3 is 9.80 Å². The van der Waals surface area contributed by atoms with Gasteiger partial charge in [0.25, 0.3) is 11.6 Å². The van der Waals surface area contributed by atoms with Gasteiger partial charge in [0.2, 0.25) is 5.91 Å². The Hall–Kier alpha value is -2.51. The number of hydrogen-bond donors (Lipinski definition) is 0. The second kappa shape index (κ2) is 5.24. The summed E-state index contributed by atoms with van der Waals surface area (Å²) >= 11 is 0.